The van der Waals surface area contributed by atoms with E-state index in [0.717, 1.165) is 36.8 Å². The molecule has 9 nitrogen and oxygen atoms in total. The Morgan fingerprint density at radius 1 is 1.13 bits per heavy atom. The minimum absolute atomic E-state index is 0.0347. The molecule has 0 radical (unpaired) electrons. The van der Waals surface area contributed by atoms with Crippen molar-refractivity contribution in [2.75, 3.05) is 44.7 Å². The van der Waals surface area contributed by atoms with Crippen LogP contribution in [0.25, 0.3) is 0 Å². The predicted octanol–water partition coefficient (Wildman–Crippen LogP) is 2.35. The number of anilines is 1. The van der Waals surface area contributed by atoms with Gasteiger partial charge in [-0.15, -0.1) is 0 Å². The standard InChI is InChI=1S/C25H29ClF3N5O4S/c1-32-8-10-33(11-9-32)16-2-3-20(18(26)12-16)39(37,38)17-13-19(21(35)31-23(15-30)4-5-23)34(14-17)22(36)24(6-7-24)25(27,28)29/h2-3,12,17,19H,4-11,13-14H2,1H3,(H,31,35)/t17?,19-/m0/s1. The van der Waals surface area contributed by atoms with Gasteiger partial charge in [-0.1, -0.05) is 11.6 Å². The van der Waals surface area contributed by atoms with Crippen molar-refractivity contribution in [1.29, 1.82) is 5.26 Å². The Morgan fingerprint density at radius 2 is 1.77 bits per heavy atom. The number of rotatable bonds is 6. The summed E-state index contributed by atoms with van der Waals surface area (Å²) in [6, 6.07) is 5.08. The zero-order valence-corrected chi connectivity index (χ0v) is 22.9. The summed E-state index contributed by atoms with van der Waals surface area (Å²) in [5.41, 5.74) is -3.00. The van der Waals surface area contributed by atoms with E-state index in [9.17, 15) is 36.4 Å². The van der Waals surface area contributed by atoms with Crippen molar-refractivity contribution in [1.82, 2.24) is 15.1 Å². The molecule has 1 N–H and O–H groups in total. The van der Waals surface area contributed by atoms with Crippen molar-refractivity contribution in [2.45, 2.75) is 60.0 Å². The topological polar surface area (TPSA) is 114 Å². The van der Waals surface area contributed by atoms with E-state index in [0.29, 0.717) is 12.8 Å². The Kier molecular flexibility index (Phi) is 6.83. The third-order valence-electron chi connectivity index (χ3n) is 8.38. The second-order valence-corrected chi connectivity index (χ2v) is 13.6. The average Bonchev–Trinajstić information content (AvgIpc) is 3.80. The van der Waals surface area contributed by atoms with Crippen LogP contribution in [0, 0.1) is 16.7 Å². The Hall–Kier alpha value is -2.56. The van der Waals surface area contributed by atoms with Crippen molar-refractivity contribution in [3.63, 3.8) is 0 Å². The van der Waals surface area contributed by atoms with Gasteiger partial charge in [-0.3, -0.25) is 9.59 Å². The number of nitrogens with one attached hydrogen (secondary N) is 1. The molecule has 39 heavy (non-hydrogen) atoms. The quantitative estimate of drug-likeness (QED) is 0.543. The van der Waals surface area contributed by atoms with Gasteiger partial charge in [0.25, 0.3) is 0 Å². The lowest BCUT2D eigenvalue weighted by Crippen LogP contribution is -2.53. The molecule has 0 aromatic heterocycles. The minimum atomic E-state index is -4.82. The zero-order chi connectivity index (χ0) is 28.4. The Labute approximate surface area is 229 Å². The van der Waals surface area contributed by atoms with E-state index >= 15 is 0 Å². The highest BCUT2D eigenvalue weighted by atomic mass is 35.5. The summed E-state index contributed by atoms with van der Waals surface area (Å²) < 4.78 is 68.8. The molecule has 1 aromatic carbocycles. The third-order valence-corrected chi connectivity index (χ3v) is 11.0. The number of alkyl halides is 3. The fourth-order valence-corrected chi connectivity index (χ4v) is 7.62. The van der Waals surface area contributed by atoms with Crippen LogP contribution in [0.2, 0.25) is 5.02 Å². The van der Waals surface area contributed by atoms with Crippen LogP contribution in [0.1, 0.15) is 32.1 Å². The van der Waals surface area contributed by atoms with Crippen molar-refractivity contribution >= 4 is 38.9 Å². The molecule has 4 aliphatic rings. The van der Waals surface area contributed by atoms with E-state index in [-0.39, 0.29) is 9.92 Å². The summed E-state index contributed by atoms with van der Waals surface area (Å²) in [6.45, 7) is 2.56. The first kappa shape index (κ1) is 28.0. The highest BCUT2D eigenvalue weighted by Crippen LogP contribution is 2.59. The van der Waals surface area contributed by atoms with Gasteiger partial charge in [0, 0.05) is 38.4 Å². The largest absolute Gasteiger partial charge is 0.403 e. The van der Waals surface area contributed by atoms with E-state index in [1.54, 1.807) is 12.1 Å². The van der Waals surface area contributed by atoms with Crippen molar-refractivity contribution in [2.24, 2.45) is 5.41 Å². The first-order valence-electron chi connectivity index (χ1n) is 12.8. The van der Waals surface area contributed by atoms with E-state index < -0.39 is 75.9 Å². The number of nitriles is 1. The van der Waals surface area contributed by atoms with Crippen molar-refractivity contribution in [3.05, 3.63) is 23.2 Å². The number of amides is 2. The Bertz CT molecular complexity index is 1330. The van der Waals surface area contributed by atoms with Crippen LogP contribution in [0.15, 0.2) is 23.1 Å². The molecule has 1 unspecified atom stereocenters. The van der Waals surface area contributed by atoms with Gasteiger partial charge in [-0.25, -0.2) is 8.42 Å². The van der Waals surface area contributed by atoms with Crippen LogP contribution in [0.4, 0.5) is 18.9 Å². The zero-order valence-electron chi connectivity index (χ0n) is 21.3. The third kappa shape index (κ3) is 4.95. The molecule has 2 aliphatic heterocycles. The van der Waals surface area contributed by atoms with Crippen molar-refractivity contribution < 1.29 is 31.2 Å². The number of likely N-dealkylation sites (N-methyl/N-ethyl adjacent to an activating group) is 1. The Balaban J connectivity index is 1.41. The number of likely N-dealkylation sites (tertiary alicyclic amines) is 1. The molecule has 2 atom stereocenters. The summed E-state index contributed by atoms with van der Waals surface area (Å²) >= 11 is 6.43. The summed E-state index contributed by atoms with van der Waals surface area (Å²) in [7, 11) is -2.22. The monoisotopic (exact) mass is 587 g/mol. The number of hydrogen-bond donors (Lipinski definition) is 1. The van der Waals surface area contributed by atoms with Gasteiger partial charge < -0.3 is 20.0 Å². The molecule has 1 aromatic rings. The van der Waals surface area contributed by atoms with E-state index in [1.807, 2.05) is 13.1 Å². The van der Waals surface area contributed by atoms with Crippen LogP contribution >= 0.6 is 11.6 Å². The van der Waals surface area contributed by atoms with Gasteiger partial charge in [0.1, 0.15) is 17.0 Å². The minimum Gasteiger partial charge on any atom is -0.369 e. The highest BCUT2D eigenvalue weighted by molar-refractivity contribution is 7.92. The van der Waals surface area contributed by atoms with Gasteiger partial charge in [-0.2, -0.15) is 18.4 Å². The molecule has 2 heterocycles. The molecular formula is C25H29ClF3N5O4S. The number of benzene rings is 1. The lowest BCUT2D eigenvalue weighted by atomic mass is 10.0. The maximum Gasteiger partial charge on any atom is 0.403 e. The first-order chi connectivity index (χ1) is 18.2. The van der Waals surface area contributed by atoms with E-state index in [1.165, 1.54) is 6.07 Å². The first-order valence-corrected chi connectivity index (χ1v) is 14.7. The predicted molar refractivity (Wildman–Crippen MR) is 136 cm³/mol. The second-order valence-electron chi connectivity index (χ2n) is 11.0. The maximum absolute atomic E-state index is 13.8. The number of carbonyl (C=O) groups excluding carboxylic acids is 2. The SMILES string of the molecule is CN1CCN(c2ccc(S(=O)(=O)C3C[C@@H](C(=O)NC4(C#N)CC4)N(C(=O)C4(C(F)(F)F)CC4)C3)c(Cl)c2)CC1. The van der Waals surface area contributed by atoms with E-state index in [4.69, 9.17) is 11.6 Å². The van der Waals surface area contributed by atoms with Crippen LogP contribution in [-0.2, 0) is 19.4 Å². The molecule has 4 fully saturated rings. The summed E-state index contributed by atoms with van der Waals surface area (Å²) in [5.74, 6) is -2.12. The number of hydrogen-bond acceptors (Lipinski definition) is 7. The van der Waals surface area contributed by atoms with E-state index in [2.05, 4.69) is 15.1 Å². The van der Waals surface area contributed by atoms with Crippen LogP contribution in [0.3, 0.4) is 0 Å². The molecule has 2 saturated carbocycles. The van der Waals surface area contributed by atoms with Crippen LogP contribution < -0.4 is 10.2 Å². The molecular weight excluding hydrogens is 559 g/mol. The molecule has 2 saturated heterocycles. The summed E-state index contributed by atoms with van der Waals surface area (Å²) in [5, 5.41) is 10.5. The Morgan fingerprint density at radius 3 is 2.28 bits per heavy atom. The normalized spacial score (nSPS) is 26.2. The smallest absolute Gasteiger partial charge is 0.369 e. The van der Waals surface area contributed by atoms with Crippen LogP contribution in [0.5, 0.6) is 0 Å². The van der Waals surface area contributed by atoms with Crippen LogP contribution in [-0.4, -0.2) is 92.8 Å². The molecule has 212 valence electrons. The lowest BCUT2D eigenvalue weighted by molar-refractivity contribution is -0.199. The fraction of sp³-hybridized carbons (Fsp3) is 0.640. The molecule has 5 rings (SSSR count). The van der Waals surface area contributed by atoms with Gasteiger partial charge in [0.15, 0.2) is 9.84 Å². The van der Waals surface area contributed by atoms with Gasteiger partial charge >= 0.3 is 6.18 Å². The maximum atomic E-state index is 13.8. The number of carbonyl (C=O) groups is 2. The lowest BCUT2D eigenvalue weighted by Gasteiger charge is -2.34. The number of nitrogens with zero attached hydrogens (tertiary/aromatic N) is 4. The van der Waals surface area contributed by atoms with Gasteiger partial charge in [0.2, 0.25) is 11.8 Å². The second kappa shape index (κ2) is 9.52. The fourth-order valence-electron chi connectivity index (χ4n) is 5.38. The average molecular weight is 588 g/mol. The number of halogens is 4. The number of piperazine rings is 1. The number of sulfone groups is 1. The van der Waals surface area contributed by atoms with Gasteiger partial charge in [-0.05, 0) is 57.4 Å². The van der Waals surface area contributed by atoms with Gasteiger partial charge in [0.05, 0.1) is 21.2 Å². The molecule has 2 amide bonds. The summed E-state index contributed by atoms with van der Waals surface area (Å²) in [4.78, 5) is 31.1. The molecule has 0 bridgehead atoms. The summed E-state index contributed by atoms with van der Waals surface area (Å²) in [6.07, 6.45) is -5.31. The highest BCUT2D eigenvalue weighted by Gasteiger charge is 2.70. The molecule has 14 heteroatoms. The molecule has 2 aliphatic carbocycles. The molecule has 0 spiro atoms. The van der Waals surface area contributed by atoms with Crippen molar-refractivity contribution in [3.8, 4) is 6.07 Å².